The summed E-state index contributed by atoms with van der Waals surface area (Å²) >= 11 is 0. The summed E-state index contributed by atoms with van der Waals surface area (Å²) in [6.07, 6.45) is 0. The van der Waals surface area contributed by atoms with E-state index in [0.29, 0.717) is 6.54 Å². The van der Waals surface area contributed by atoms with Crippen LogP contribution < -0.4 is 4.74 Å². The SMILES string of the molecule is COC(=O)c1nnn(Cc2ccc(OC)cc2)c1C(C)C. The first-order chi connectivity index (χ1) is 10.1. The van der Waals surface area contributed by atoms with E-state index < -0.39 is 5.97 Å². The van der Waals surface area contributed by atoms with Crippen LogP contribution in [0, 0.1) is 0 Å². The molecule has 0 fully saturated rings. The number of rotatable bonds is 5. The minimum atomic E-state index is -0.459. The molecule has 6 nitrogen and oxygen atoms in total. The number of hydrogen-bond donors (Lipinski definition) is 0. The molecule has 112 valence electrons. The molecule has 0 amide bonds. The van der Waals surface area contributed by atoms with Crippen molar-refractivity contribution in [3.8, 4) is 5.75 Å². The van der Waals surface area contributed by atoms with Gasteiger partial charge in [0.1, 0.15) is 5.75 Å². The molecule has 0 saturated heterocycles. The molecule has 1 aromatic heterocycles. The summed E-state index contributed by atoms with van der Waals surface area (Å²) in [6.45, 7) is 4.53. The van der Waals surface area contributed by atoms with Crippen LogP contribution in [0.5, 0.6) is 5.75 Å². The smallest absolute Gasteiger partial charge is 0.360 e. The van der Waals surface area contributed by atoms with Crippen LogP contribution in [0.4, 0.5) is 0 Å². The molecule has 0 unspecified atom stereocenters. The van der Waals surface area contributed by atoms with Crippen molar-refractivity contribution in [1.82, 2.24) is 15.0 Å². The highest BCUT2D eigenvalue weighted by molar-refractivity contribution is 5.88. The number of ether oxygens (including phenoxy) is 2. The number of nitrogens with zero attached hydrogens (tertiary/aromatic N) is 3. The predicted octanol–water partition coefficient (Wildman–Crippen LogP) is 2.25. The van der Waals surface area contributed by atoms with Crippen LogP contribution in [0.2, 0.25) is 0 Å². The average molecular weight is 289 g/mol. The fraction of sp³-hybridized carbons (Fsp3) is 0.400. The summed E-state index contributed by atoms with van der Waals surface area (Å²) in [5, 5.41) is 8.03. The molecule has 1 aromatic carbocycles. The normalized spacial score (nSPS) is 10.7. The lowest BCUT2D eigenvalue weighted by atomic mass is 10.1. The molecule has 0 spiro atoms. The third-order valence-electron chi connectivity index (χ3n) is 3.19. The van der Waals surface area contributed by atoms with E-state index in [4.69, 9.17) is 9.47 Å². The molecule has 0 atom stereocenters. The van der Waals surface area contributed by atoms with E-state index in [9.17, 15) is 4.79 Å². The third-order valence-corrected chi connectivity index (χ3v) is 3.19. The number of benzene rings is 1. The Bertz CT molecular complexity index is 618. The molecule has 2 aromatic rings. The Hall–Kier alpha value is -2.37. The maximum absolute atomic E-state index is 11.7. The van der Waals surface area contributed by atoms with Gasteiger partial charge in [-0.25, -0.2) is 9.48 Å². The molecule has 0 bridgehead atoms. The molecule has 1 heterocycles. The Labute approximate surface area is 123 Å². The summed E-state index contributed by atoms with van der Waals surface area (Å²) in [7, 11) is 2.97. The zero-order valence-electron chi connectivity index (χ0n) is 12.7. The highest BCUT2D eigenvalue weighted by Gasteiger charge is 2.22. The maximum atomic E-state index is 11.7. The van der Waals surface area contributed by atoms with Gasteiger partial charge < -0.3 is 9.47 Å². The number of methoxy groups -OCH3 is 2. The lowest BCUT2D eigenvalue weighted by molar-refractivity contribution is 0.0592. The number of carbonyl (C=O) groups excluding carboxylic acids is 1. The van der Waals surface area contributed by atoms with E-state index in [1.54, 1.807) is 11.8 Å². The summed E-state index contributed by atoms with van der Waals surface area (Å²) < 4.78 is 11.6. The number of hydrogen-bond acceptors (Lipinski definition) is 5. The van der Waals surface area contributed by atoms with Gasteiger partial charge in [-0.1, -0.05) is 31.2 Å². The van der Waals surface area contributed by atoms with E-state index in [0.717, 1.165) is 17.0 Å². The van der Waals surface area contributed by atoms with Gasteiger partial charge in [0.25, 0.3) is 0 Å². The zero-order valence-corrected chi connectivity index (χ0v) is 12.7. The first kappa shape index (κ1) is 15.0. The van der Waals surface area contributed by atoms with Crippen LogP contribution in [0.15, 0.2) is 24.3 Å². The quantitative estimate of drug-likeness (QED) is 0.790. The van der Waals surface area contributed by atoms with E-state index >= 15 is 0 Å². The number of esters is 1. The van der Waals surface area contributed by atoms with Crippen LogP contribution in [0.1, 0.15) is 41.5 Å². The maximum Gasteiger partial charge on any atom is 0.360 e. The van der Waals surface area contributed by atoms with Crippen LogP contribution >= 0.6 is 0 Å². The predicted molar refractivity (Wildman–Crippen MR) is 77.5 cm³/mol. The standard InChI is InChI=1S/C15H19N3O3/c1-10(2)14-13(15(19)21-4)16-17-18(14)9-11-5-7-12(20-3)8-6-11/h5-8,10H,9H2,1-4H3. The van der Waals surface area contributed by atoms with Crippen molar-refractivity contribution in [1.29, 1.82) is 0 Å². The highest BCUT2D eigenvalue weighted by atomic mass is 16.5. The molecule has 0 aliphatic heterocycles. The fourth-order valence-corrected chi connectivity index (χ4v) is 2.15. The van der Waals surface area contributed by atoms with Gasteiger partial charge in [-0.3, -0.25) is 0 Å². The first-order valence-electron chi connectivity index (χ1n) is 6.71. The molecule has 2 rings (SSSR count). The Kier molecular flexibility index (Phi) is 4.57. The van der Waals surface area contributed by atoms with Crippen LogP contribution in [0.3, 0.4) is 0 Å². The van der Waals surface area contributed by atoms with E-state index in [1.165, 1.54) is 7.11 Å². The Morgan fingerprint density at radius 1 is 1.24 bits per heavy atom. The summed E-state index contributed by atoms with van der Waals surface area (Å²) in [5.74, 6) is 0.462. The molecule has 0 aliphatic rings. The van der Waals surface area contributed by atoms with Crippen molar-refractivity contribution in [3.63, 3.8) is 0 Å². The van der Waals surface area contributed by atoms with E-state index in [-0.39, 0.29) is 11.6 Å². The topological polar surface area (TPSA) is 66.2 Å². The van der Waals surface area contributed by atoms with Gasteiger partial charge in [0.2, 0.25) is 0 Å². The Morgan fingerprint density at radius 2 is 1.90 bits per heavy atom. The second-order valence-corrected chi connectivity index (χ2v) is 4.98. The van der Waals surface area contributed by atoms with E-state index in [1.807, 2.05) is 38.1 Å². The van der Waals surface area contributed by atoms with Crippen LogP contribution in [0.25, 0.3) is 0 Å². The zero-order chi connectivity index (χ0) is 15.4. The lowest BCUT2D eigenvalue weighted by Crippen LogP contribution is -2.11. The van der Waals surface area contributed by atoms with Crippen molar-refractivity contribution in [2.45, 2.75) is 26.3 Å². The number of aromatic nitrogens is 3. The van der Waals surface area contributed by atoms with Gasteiger partial charge >= 0.3 is 5.97 Å². The molecule has 0 aliphatic carbocycles. The van der Waals surface area contributed by atoms with Gasteiger partial charge in [0, 0.05) is 0 Å². The summed E-state index contributed by atoms with van der Waals surface area (Å²) in [5.41, 5.74) is 2.11. The van der Waals surface area contributed by atoms with Gasteiger partial charge in [0.15, 0.2) is 5.69 Å². The monoisotopic (exact) mass is 289 g/mol. The van der Waals surface area contributed by atoms with Crippen LogP contribution in [-0.4, -0.2) is 35.2 Å². The minimum absolute atomic E-state index is 0.118. The fourth-order valence-electron chi connectivity index (χ4n) is 2.15. The molecule has 0 N–H and O–H groups in total. The molecule has 6 heteroatoms. The van der Waals surface area contributed by atoms with Crippen molar-refractivity contribution >= 4 is 5.97 Å². The van der Waals surface area contributed by atoms with Gasteiger partial charge in [-0.05, 0) is 23.6 Å². The summed E-state index contributed by atoms with van der Waals surface area (Å²) in [6, 6.07) is 7.70. The molecular weight excluding hydrogens is 270 g/mol. The third kappa shape index (κ3) is 3.21. The lowest BCUT2D eigenvalue weighted by Gasteiger charge is -2.10. The Morgan fingerprint density at radius 3 is 2.43 bits per heavy atom. The van der Waals surface area contributed by atoms with Gasteiger partial charge in [-0.15, -0.1) is 5.10 Å². The van der Waals surface area contributed by atoms with Crippen molar-refractivity contribution < 1.29 is 14.3 Å². The Balaban J connectivity index is 2.30. The van der Waals surface area contributed by atoms with Crippen LogP contribution in [-0.2, 0) is 11.3 Å². The van der Waals surface area contributed by atoms with Crippen molar-refractivity contribution in [2.75, 3.05) is 14.2 Å². The summed E-state index contributed by atoms with van der Waals surface area (Å²) in [4.78, 5) is 11.7. The van der Waals surface area contributed by atoms with Crippen molar-refractivity contribution in [2.24, 2.45) is 0 Å². The largest absolute Gasteiger partial charge is 0.497 e. The first-order valence-corrected chi connectivity index (χ1v) is 6.71. The second kappa shape index (κ2) is 6.39. The average Bonchev–Trinajstić information content (AvgIpc) is 2.91. The minimum Gasteiger partial charge on any atom is -0.497 e. The van der Waals surface area contributed by atoms with Gasteiger partial charge in [0.05, 0.1) is 26.5 Å². The molecule has 21 heavy (non-hydrogen) atoms. The second-order valence-electron chi connectivity index (χ2n) is 4.98. The highest BCUT2D eigenvalue weighted by Crippen LogP contribution is 2.20. The number of carbonyl (C=O) groups is 1. The van der Waals surface area contributed by atoms with Gasteiger partial charge in [-0.2, -0.15) is 0 Å². The van der Waals surface area contributed by atoms with E-state index in [2.05, 4.69) is 10.3 Å². The molecule has 0 radical (unpaired) electrons. The van der Waals surface area contributed by atoms with Crippen molar-refractivity contribution in [3.05, 3.63) is 41.2 Å². The molecule has 0 saturated carbocycles. The molecular formula is C15H19N3O3.